The molecule has 0 saturated carbocycles. The number of carbonyl (C=O) groups excluding carboxylic acids is 1. The summed E-state index contributed by atoms with van der Waals surface area (Å²) in [6.07, 6.45) is 0. The number of halogens is 2. The Kier molecular flexibility index (Phi) is 3.97. The lowest BCUT2D eigenvalue weighted by Crippen LogP contribution is -2.12. The van der Waals surface area contributed by atoms with E-state index in [1.54, 1.807) is 6.07 Å². The molecule has 0 radical (unpaired) electrons. The number of anilines is 1. The van der Waals surface area contributed by atoms with Crippen molar-refractivity contribution in [3.05, 3.63) is 52.9 Å². The number of rotatable bonds is 3. The molecule has 1 N–H and O–H groups in total. The fraction of sp³-hybridized carbons (Fsp3) is 0.0769. The summed E-state index contributed by atoms with van der Waals surface area (Å²) in [6.45, 7) is 0. The summed E-state index contributed by atoms with van der Waals surface area (Å²) in [5.41, 5.74) is 0.637. The van der Waals surface area contributed by atoms with Crippen molar-refractivity contribution < 1.29 is 13.9 Å². The fourth-order valence-corrected chi connectivity index (χ4v) is 1.68. The number of pyridine rings is 1. The maximum absolute atomic E-state index is 13.0. The maximum Gasteiger partial charge on any atom is 0.255 e. The van der Waals surface area contributed by atoms with Crippen molar-refractivity contribution in [2.24, 2.45) is 0 Å². The molecular formula is C13H10ClFN2O2. The second-order valence-corrected chi connectivity index (χ2v) is 4.07. The van der Waals surface area contributed by atoms with Crippen LogP contribution < -0.4 is 10.1 Å². The molecule has 0 bridgehead atoms. The van der Waals surface area contributed by atoms with Gasteiger partial charge in [-0.1, -0.05) is 17.7 Å². The molecule has 2 rings (SSSR count). The zero-order chi connectivity index (χ0) is 13.8. The highest BCUT2D eigenvalue weighted by Crippen LogP contribution is 2.18. The number of methoxy groups -OCH3 is 1. The predicted molar refractivity (Wildman–Crippen MR) is 70.2 cm³/mol. The van der Waals surface area contributed by atoms with Crippen molar-refractivity contribution in [3.8, 4) is 5.88 Å². The molecule has 0 unspecified atom stereocenters. The van der Waals surface area contributed by atoms with Crippen LogP contribution in [-0.4, -0.2) is 18.0 Å². The zero-order valence-electron chi connectivity index (χ0n) is 9.98. The van der Waals surface area contributed by atoms with E-state index in [4.69, 9.17) is 16.3 Å². The van der Waals surface area contributed by atoms with Crippen LogP contribution in [-0.2, 0) is 0 Å². The van der Waals surface area contributed by atoms with E-state index in [-0.39, 0.29) is 16.6 Å². The Bertz CT molecular complexity index is 619. The Hall–Kier alpha value is -2.14. The Morgan fingerprint density at radius 1 is 1.37 bits per heavy atom. The summed E-state index contributed by atoms with van der Waals surface area (Å²) in [4.78, 5) is 15.8. The van der Waals surface area contributed by atoms with Gasteiger partial charge < -0.3 is 10.1 Å². The van der Waals surface area contributed by atoms with Crippen LogP contribution in [0.1, 0.15) is 10.4 Å². The molecule has 1 aromatic carbocycles. The first kappa shape index (κ1) is 13.3. The van der Waals surface area contributed by atoms with Crippen molar-refractivity contribution in [2.45, 2.75) is 0 Å². The molecule has 1 amide bonds. The number of amides is 1. The number of nitrogens with one attached hydrogen (secondary N) is 1. The van der Waals surface area contributed by atoms with Gasteiger partial charge in [0, 0.05) is 17.3 Å². The van der Waals surface area contributed by atoms with E-state index in [1.165, 1.54) is 37.4 Å². The van der Waals surface area contributed by atoms with Crippen LogP contribution in [0.5, 0.6) is 5.88 Å². The molecule has 2 aromatic rings. The first-order valence-corrected chi connectivity index (χ1v) is 5.75. The minimum atomic E-state index is -0.428. The lowest BCUT2D eigenvalue weighted by molar-refractivity contribution is 0.102. The van der Waals surface area contributed by atoms with Crippen molar-refractivity contribution in [1.29, 1.82) is 0 Å². The predicted octanol–water partition coefficient (Wildman–Crippen LogP) is 3.14. The molecule has 19 heavy (non-hydrogen) atoms. The van der Waals surface area contributed by atoms with Crippen molar-refractivity contribution in [1.82, 2.24) is 4.98 Å². The second kappa shape index (κ2) is 5.67. The molecule has 1 heterocycles. The number of benzene rings is 1. The number of carbonyl (C=O) groups is 1. The topological polar surface area (TPSA) is 51.2 Å². The van der Waals surface area contributed by atoms with Crippen molar-refractivity contribution in [3.63, 3.8) is 0 Å². The second-order valence-electron chi connectivity index (χ2n) is 3.69. The average molecular weight is 281 g/mol. The minimum absolute atomic E-state index is 0.142. The normalized spacial score (nSPS) is 10.1. The van der Waals surface area contributed by atoms with Gasteiger partial charge in [0.05, 0.1) is 7.11 Å². The Morgan fingerprint density at radius 2 is 2.16 bits per heavy atom. The molecule has 0 spiro atoms. The van der Waals surface area contributed by atoms with E-state index in [2.05, 4.69) is 10.3 Å². The van der Waals surface area contributed by atoms with Crippen LogP contribution in [0.25, 0.3) is 0 Å². The Morgan fingerprint density at radius 3 is 2.84 bits per heavy atom. The Balaban J connectivity index is 2.22. The molecule has 0 fully saturated rings. The van der Waals surface area contributed by atoms with E-state index in [0.717, 1.165) is 0 Å². The van der Waals surface area contributed by atoms with Gasteiger partial charge in [-0.15, -0.1) is 0 Å². The third kappa shape index (κ3) is 3.42. The lowest BCUT2D eigenvalue weighted by atomic mass is 10.2. The van der Waals surface area contributed by atoms with Crippen LogP contribution >= 0.6 is 11.6 Å². The smallest absolute Gasteiger partial charge is 0.255 e. The van der Waals surface area contributed by atoms with E-state index in [1.807, 2.05) is 0 Å². The fourth-order valence-electron chi connectivity index (χ4n) is 1.48. The van der Waals surface area contributed by atoms with Gasteiger partial charge >= 0.3 is 0 Å². The van der Waals surface area contributed by atoms with Crippen molar-refractivity contribution >= 4 is 23.2 Å². The van der Waals surface area contributed by atoms with Crippen LogP contribution in [0, 0.1) is 5.82 Å². The third-order valence-corrected chi connectivity index (χ3v) is 2.52. The number of aromatic nitrogens is 1. The third-order valence-electron chi connectivity index (χ3n) is 2.32. The highest BCUT2D eigenvalue weighted by atomic mass is 35.5. The zero-order valence-corrected chi connectivity index (χ0v) is 10.7. The van der Waals surface area contributed by atoms with Gasteiger partial charge in [-0.3, -0.25) is 4.79 Å². The molecule has 98 valence electrons. The average Bonchev–Trinajstić information content (AvgIpc) is 2.38. The van der Waals surface area contributed by atoms with Gasteiger partial charge in [0.1, 0.15) is 11.0 Å². The maximum atomic E-state index is 13.0. The summed E-state index contributed by atoms with van der Waals surface area (Å²) in [6, 6.07) is 8.45. The van der Waals surface area contributed by atoms with Gasteiger partial charge in [-0.25, -0.2) is 9.37 Å². The Labute approximate surface area is 114 Å². The molecule has 0 aliphatic rings. The standard InChI is InChI=1S/C13H10ClFN2O2/c1-19-12-6-8(5-11(14)17-12)13(18)16-10-4-2-3-9(15)7-10/h2-7H,1H3,(H,16,18). The molecule has 4 nitrogen and oxygen atoms in total. The van der Waals surface area contributed by atoms with E-state index in [9.17, 15) is 9.18 Å². The highest BCUT2D eigenvalue weighted by Gasteiger charge is 2.10. The van der Waals surface area contributed by atoms with Gasteiger partial charge in [0.25, 0.3) is 5.91 Å². The van der Waals surface area contributed by atoms with Crippen LogP contribution in [0.15, 0.2) is 36.4 Å². The van der Waals surface area contributed by atoms with Gasteiger partial charge in [0.15, 0.2) is 0 Å². The minimum Gasteiger partial charge on any atom is -0.481 e. The van der Waals surface area contributed by atoms with Gasteiger partial charge in [-0.05, 0) is 24.3 Å². The van der Waals surface area contributed by atoms with E-state index < -0.39 is 11.7 Å². The first-order chi connectivity index (χ1) is 9.08. The summed E-state index contributed by atoms with van der Waals surface area (Å²) in [5.74, 6) is -0.617. The molecule has 0 saturated heterocycles. The van der Waals surface area contributed by atoms with Crippen molar-refractivity contribution in [2.75, 3.05) is 12.4 Å². The molecule has 6 heteroatoms. The molecule has 0 atom stereocenters. The van der Waals surface area contributed by atoms with Crippen LogP contribution in [0.3, 0.4) is 0 Å². The van der Waals surface area contributed by atoms with Gasteiger partial charge in [-0.2, -0.15) is 0 Å². The lowest BCUT2D eigenvalue weighted by Gasteiger charge is -2.07. The van der Waals surface area contributed by atoms with Gasteiger partial charge in [0.2, 0.25) is 5.88 Å². The SMILES string of the molecule is COc1cc(C(=O)Nc2cccc(F)c2)cc(Cl)n1. The summed E-state index contributed by atoms with van der Waals surface area (Å²) < 4.78 is 17.9. The first-order valence-electron chi connectivity index (χ1n) is 5.37. The number of hydrogen-bond donors (Lipinski definition) is 1. The van der Waals surface area contributed by atoms with Crippen LogP contribution in [0.2, 0.25) is 5.15 Å². The summed E-state index contributed by atoms with van der Waals surface area (Å²) in [5, 5.41) is 2.70. The number of nitrogens with zero attached hydrogens (tertiary/aromatic N) is 1. The highest BCUT2D eigenvalue weighted by molar-refractivity contribution is 6.30. The summed E-state index contributed by atoms with van der Waals surface area (Å²) >= 11 is 5.77. The number of ether oxygens (including phenoxy) is 1. The molecule has 0 aliphatic heterocycles. The number of hydrogen-bond acceptors (Lipinski definition) is 3. The largest absolute Gasteiger partial charge is 0.481 e. The van der Waals surface area contributed by atoms with Crippen LogP contribution in [0.4, 0.5) is 10.1 Å². The molecular weight excluding hydrogens is 271 g/mol. The monoisotopic (exact) mass is 280 g/mol. The molecule has 1 aromatic heterocycles. The summed E-state index contributed by atoms with van der Waals surface area (Å²) in [7, 11) is 1.42. The quantitative estimate of drug-likeness (QED) is 0.879. The molecule has 0 aliphatic carbocycles. The van der Waals surface area contributed by atoms with E-state index >= 15 is 0 Å². The van der Waals surface area contributed by atoms with E-state index in [0.29, 0.717) is 5.69 Å².